The zero-order valence-electron chi connectivity index (χ0n) is 10.2. The minimum Gasteiger partial charge on any atom is -0.368 e. The maximum atomic E-state index is 11.1. The lowest BCUT2D eigenvalue weighted by atomic mass is 10.0. The molecule has 2 atom stereocenters. The molecule has 0 saturated heterocycles. The second-order valence-electron chi connectivity index (χ2n) is 4.16. The van der Waals surface area contributed by atoms with Gasteiger partial charge in [-0.2, -0.15) is 0 Å². The highest BCUT2D eigenvalue weighted by Gasteiger charge is 2.15. The SMILES string of the molecule is CCC(N[C@H](C)c1ccc(C)cc1)C(N)=O. The fourth-order valence-electron chi connectivity index (χ4n) is 1.65. The molecular formula is C13H20N2O. The molecule has 0 radical (unpaired) electrons. The van der Waals surface area contributed by atoms with Crippen molar-refractivity contribution < 1.29 is 4.79 Å². The number of hydrogen-bond acceptors (Lipinski definition) is 2. The summed E-state index contributed by atoms with van der Waals surface area (Å²) in [4.78, 5) is 11.1. The van der Waals surface area contributed by atoms with Gasteiger partial charge in [-0.1, -0.05) is 36.8 Å². The molecule has 1 aromatic carbocycles. The number of primary amides is 1. The van der Waals surface area contributed by atoms with Gasteiger partial charge in [0.1, 0.15) is 0 Å². The lowest BCUT2D eigenvalue weighted by molar-refractivity contribution is -0.120. The van der Waals surface area contributed by atoms with Crippen molar-refractivity contribution in [1.82, 2.24) is 5.32 Å². The van der Waals surface area contributed by atoms with Gasteiger partial charge in [0.2, 0.25) is 5.91 Å². The summed E-state index contributed by atoms with van der Waals surface area (Å²) in [5.41, 5.74) is 7.70. The summed E-state index contributed by atoms with van der Waals surface area (Å²) in [5, 5.41) is 3.23. The maximum absolute atomic E-state index is 11.1. The van der Waals surface area contributed by atoms with Crippen molar-refractivity contribution in [3.63, 3.8) is 0 Å². The quantitative estimate of drug-likeness (QED) is 0.796. The summed E-state index contributed by atoms with van der Waals surface area (Å²) in [7, 11) is 0. The number of carbonyl (C=O) groups excluding carboxylic acids is 1. The first kappa shape index (κ1) is 12.7. The van der Waals surface area contributed by atoms with Gasteiger partial charge in [0.25, 0.3) is 0 Å². The van der Waals surface area contributed by atoms with Crippen molar-refractivity contribution in [2.45, 2.75) is 39.3 Å². The van der Waals surface area contributed by atoms with E-state index in [1.807, 2.05) is 13.8 Å². The largest absolute Gasteiger partial charge is 0.368 e. The summed E-state index contributed by atoms with van der Waals surface area (Å²) >= 11 is 0. The first-order valence-corrected chi connectivity index (χ1v) is 5.66. The summed E-state index contributed by atoms with van der Waals surface area (Å²) in [6.45, 7) is 6.04. The topological polar surface area (TPSA) is 55.1 Å². The molecule has 1 rings (SSSR count). The van der Waals surface area contributed by atoms with Crippen LogP contribution in [-0.4, -0.2) is 11.9 Å². The zero-order chi connectivity index (χ0) is 12.1. The van der Waals surface area contributed by atoms with Gasteiger partial charge in [0.05, 0.1) is 6.04 Å². The summed E-state index contributed by atoms with van der Waals surface area (Å²) < 4.78 is 0. The Balaban J connectivity index is 2.67. The van der Waals surface area contributed by atoms with Crippen molar-refractivity contribution in [2.75, 3.05) is 0 Å². The Bertz CT molecular complexity index is 345. The maximum Gasteiger partial charge on any atom is 0.234 e. The van der Waals surface area contributed by atoms with Gasteiger partial charge in [-0.3, -0.25) is 10.1 Å². The number of carbonyl (C=O) groups is 1. The first-order chi connectivity index (χ1) is 7.54. The Morgan fingerprint density at radius 3 is 2.38 bits per heavy atom. The lowest BCUT2D eigenvalue weighted by Crippen LogP contribution is -2.41. The van der Waals surface area contributed by atoms with Gasteiger partial charge < -0.3 is 5.73 Å². The number of aryl methyl sites for hydroxylation is 1. The zero-order valence-corrected chi connectivity index (χ0v) is 10.2. The highest BCUT2D eigenvalue weighted by Crippen LogP contribution is 2.14. The van der Waals surface area contributed by atoms with E-state index in [0.29, 0.717) is 6.42 Å². The molecule has 0 fully saturated rings. The fraction of sp³-hybridized carbons (Fsp3) is 0.462. The van der Waals surface area contributed by atoms with E-state index in [9.17, 15) is 4.79 Å². The van der Waals surface area contributed by atoms with Crippen LogP contribution in [0.1, 0.15) is 37.4 Å². The van der Waals surface area contributed by atoms with E-state index in [0.717, 1.165) is 0 Å². The summed E-state index contributed by atoms with van der Waals surface area (Å²) in [6, 6.07) is 8.16. The number of nitrogens with one attached hydrogen (secondary N) is 1. The van der Waals surface area contributed by atoms with Gasteiger partial charge in [0.15, 0.2) is 0 Å². The Morgan fingerprint density at radius 2 is 1.94 bits per heavy atom. The molecule has 0 aliphatic rings. The van der Waals surface area contributed by atoms with Crippen LogP contribution in [0.25, 0.3) is 0 Å². The van der Waals surface area contributed by atoms with E-state index >= 15 is 0 Å². The molecule has 88 valence electrons. The van der Waals surface area contributed by atoms with Crippen molar-refractivity contribution >= 4 is 5.91 Å². The van der Waals surface area contributed by atoms with Crippen LogP contribution in [0.5, 0.6) is 0 Å². The minimum atomic E-state index is -0.290. The van der Waals surface area contributed by atoms with Crippen LogP contribution in [0.2, 0.25) is 0 Å². The normalized spacial score (nSPS) is 14.4. The Hall–Kier alpha value is -1.35. The van der Waals surface area contributed by atoms with Gasteiger partial charge in [-0.25, -0.2) is 0 Å². The molecule has 0 spiro atoms. The predicted octanol–water partition coefficient (Wildman–Crippen LogP) is 1.91. The molecule has 1 aromatic rings. The second-order valence-corrected chi connectivity index (χ2v) is 4.16. The number of nitrogens with two attached hydrogens (primary N) is 1. The molecule has 0 heterocycles. The molecular weight excluding hydrogens is 200 g/mol. The molecule has 0 aromatic heterocycles. The predicted molar refractivity (Wildman–Crippen MR) is 66.0 cm³/mol. The average molecular weight is 220 g/mol. The highest BCUT2D eigenvalue weighted by atomic mass is 16.1. The molecule has 16 heavy (non-hydrogen) atoms. The van der Waals surface area contributed by atoms with Gasteiger partial charge in [-0.05, 0) is 25.8 Å². The highest BCUT2D eigenvalue weighted by molar-refractivity contribution is 5.79. The first-order valence-electron chi connectivity index (χ1n) is 5.66. The summed E-state index contributed by atoms with van der Waals surface area (Å²) in [6.07, 6.45) is 0.714. The molecule has 0 aliphatic carbocycles. The second kappa shape index (κ2) is 5.66. The van der Waals surface area contributed by atoms with E-state index in [2.05, 4.69) is 36.5 Å². The Morgan fingerprint density at radius 1 is 1.38 bits per heavy atom. The van der Waals surface area contributed by atoms with Crippen molar-refractivity contribution in [3.05, 3.63) is 35.4 Å². The fourth-order valence-corrected chi connectivity index (χ4v) is 1.65. The molecule has 1 amide bonds. The van der Waals surface area contributed by atoms with Crippen LogP contribution in [0, 0.1) is 6.92 Å². The van der Waals surface area contributed by atoms with Crippen LogP contribution < -0.4 is 11.1 Å². The van der Waals surface area contributed by atoms with Gasteiger partial charge >= 0.3 is 0 Å². The van der Waals surface area contributed by atoms with Crippen molar-refractivity contribution in [1.29, 1.82) is 0 Å². The van der Waals surface area contributed by atoms with Gasteiger partial charge in [0, 0.05) is 6.04 Å². The van der Waals surface area contributed by atoms with E-state index in [4.69, 9.17) is 5.73 Å². The molecule has 0 bridgehead atoms. The molecule has 3 heteroatoms. The smallest absolute Gasteiger partial charge is 0.234 e. The third-order valence-electron chi connectivity index (χ3n) is 2.78. The summed E-state index contributed by atoms with van der Waals surface area (Å²) in [5.74, 6) is -0.290. The van der Waals surface area contributed by atoms with E-state index in [1.54, 1.807) is 0 Å². The molecule has 3 nitrogen and oxygen atoms in total. The number of amides is 1. The Labute approximate surface area is 97.0 Å². The molecule has 0 saturated carbocycles. The van der Waals surface area contributed by atoms with Crippen molar-refractivity contribution in [3.8, 4) is 0 Å². The molecule has 1 unspecified atom stereocenters. The number of rotatable bonds is 5. The monoisotopic (exact) mass is 220 g/mol. The van der Waals surface area contributed by atoms with Crippen LogP contribution in [0.15, 0.2) is 24.3 Å². The van der Waals surface area contributed by atoms with Crippen LogP contribution >= 0.6 is 0 Å². The third kappa shape index (κ3) is 3.35. The Kier molecular flexibility index (Phi) is 4.50. The number of benzene rings is 1. The van der Waals surface area contributed by atoms with Crippen LogP contribution in [-0.2, 0) is 4.79 Å². The molecule has 3 N–H and O–H groups in total. The lowest BCUT2D eigenvalue weighted by Gasteiger charge is -2.20. The molecule has 0 aliphatic heterocycles. The van der Waals surface area contributed by atoms with Crippen LogP contribution in [0.4, 0.5) is 0 Å². The standard InChI is InChI=1S/C13H20N2O/c1-4-12(13(14)16)15-10(3)11-7-5-9(2)6-8-11/h5-8,10,12,15H,4H2,1-3H3,(H2,14,16)/t10-,12?/m1/s1. The van der Waals surface area contributed by atoms with E-state index in [-0.39, 0.29) is 18.0 Å². The number of hydrogen-bond donors (Lipinski definition) is 2. The minimum absolute atomic E-state index is 0.137. The van der Waals surface area contributed by atoms with Gasteiger partial charge in [-0.15, -0.1) is 0 Å². The van der Waals surface area contributed by atoms with E-state index in [1.165, 1.54) is 11.1 Å². The third-order valence-corrected chi connectivity index (χ3v) is 2.78. The van der Waals surface area contributed by atoms with E-state index < -0.39 is 0 Å². The van der Waals surface area contributed by atoms with Crippen LogP contribution in [0.3, 0.4) is 0 Å². The average Bonchev–Trinajstić information content (AvgIpc) is 2.26. The van der Waals surface area contributed by atoms with Crippen molar-refractivity contribution in [2.24, 2.45) is 5.73 Å².